The molecule has 2 amide bonds. The second-order valence-electron chi connectivity index (χ2n) is 8.80. The maximum absolute atomic E-state index is 12.6. The Balaban J connectivity index is 1.54. The van der Waals surface area contributed by atoms with Crippen molar-refractivity contribution in [2.45, 2.75) is 45.3 Å². The Labute approximate surface area is 183 Å². The van der Waals surface area contributed by atoms with Gasteiger partial charge in [0.05, 0.1) is 11.3 Å². The largest absolute Gasteiger partial charge is 0.410 e. The summed E-state index contributed by atoms with van der Waals surface area (Å²) in [5, 5.41) is 12.8. The van der Waals surface area contributed by atoms with Crippen LogP contribution in [-0.4, -0.2) is 40.7 Å². The van der Waals surface area contributed by atoms with Crippen LogP contribution < -0.4 is 15.8 Å². The number of amides is 2. The van der Waals surface area contributed by atoms with E-state index in [1.807, 2.05) is 26.0 Å². The normalized spacial score (nSPS) is 15.5. The molecule has 0 aromatic heterocycles. The number of nitrogens with one attached hydrogen (secondary N) is 1. The minimum atomic E-state index is -0.935. The number of para-hydroxylation sites is 2. The molecule has 1 heterocycles. The van der Waals surface area contributed by atoms with E-state index in [9.17, 15) is 14.7 Å². The van der Waals surface area contributed by atoms with Gasteiger partial charge in [0, 0.05) is 12.1 Å². The Morgan fingerprint density at radius 3 is 2.39 bits per heavy atom. The number of nitrogens with zero attached hydrogens (tertiary/aromatic N) is 1. The lowest BCUT2D eigenvalue weighted by atomic mass is 9.86. The number of hydrogen-bond donors (Lipinski definition) is 3. The number of carbonyl (C=O) groups is 2. The number of benzene rings is 2. The van der Waals surface area contributed by atoms with Crippen molar-refractivity contribution in [2.24, 2.45) is 11.7 Å². The maximum atomic E-state index is 12.6. The van der Waals surface area contributed by atoms with Gasteiger partial charge < -0.3 is 20.9 Å². The minimum absolute atomic E-state index is 0.202. The van der Waals surface area contributed by atoms with Crippen molar-refractivity contribution in [1.82, 2.24) is 4.90 Å². The van der Waals surface area contributed by atoms with Gasteiger partial charge in [0.25, 0.3) is 5.91 Å². The predicted octanol–water partition coefficient (Wildman–Crippen LogP) is 3.77. The second kappa shape index (κ2) is 9.94. The molecule has 166 valence electrons. The molecule has 1 aliphatic rings. The molecule has 0 radical (unpaired) electrons. The van der Waals surface area contributed by atoms with Crippen LogP contribution in [0.15, 0.2) is 48.5 Å². The van der Waals surface area contributed by atoms with Crippen LogP contribution in [-0.2, 0) is 6.54 Å². The molecule has 0 atom stereocenters. The number of carbonyl (C=O) groups excluding carboxylic acids is 2. The van der Waals surface area contributed by atoms with Crippen molar-refractivity contribution in [3.8, 4) is 5.75 Å². The van der Waals surface area contributed by atoms with E-state index in [-0.39, 0.29) is 11.7 Å². The van der Waals surface area contributed by atoms with Crippen LogP contribution in [0.3, 0.4) is 0 Å². The third-order valence-corrected chi connectivity index (χ3v) is 5.46. The summed E-state index contributed by atoms with van der Waals surface area (Å²) in [5.41, 5.74) is 6.52. The zero-order valence-corrected chi connectivity index (χ0v) is 18.1. The molecular formula is C24H31N3O4. The molecule has 2 aromatic rings. The summed E-state index contributed by atoms with van der Waals surface area (Å²) in [7, 11) is 0. The summed E-state index contributed by atoms with van der Waals surface area (Å²) >= 11 is 0. The average molecular weight is 426 g/mol. The monoisotopic (exact) mass is 425 g/mol. The second-order valence-corrected chi connectivity index (χ2v) is 8.80. The van der Waals surface area contributed by atoms with Crippen LogP contribution in [0.25, 0.3) is 0 Å². The van der Waals surface area contributed by atoms with Crippen LogP contribution in [0.5, 0.6) is 5.75 Å². The van der Waals surface area contributed by atoms with Crippen molar-refractivity contribution in [2.75, 3.05) is 18.4 Å². The van der Waals surface area contributed by atoms with Crippen LogP contribution >= 0.6 is 0 Å². The quantitative estimate of drug-likeness (QED) is 0.626. The molecule has 0 unspecified atom stereocenters. The van der Waals surface area contributed by atoms with Gasteiger partial charge in [0.1, 0.15) is 0 Å². The fourth-order valence-electron chi connectivity index (χ4n) is 4.04. The summed E-state index contributed by atoms with van der Waals surface area (Å²) in [6.07, 6.45) is 2.10. The molecule has 7 heteroatoms. The van der Waals surface area contributed by atoms with Crippen molar-refractivity contribution < 1.29 is 19.4 Å². The van der Waals surface area contributed by atoms with E-state index in [1.165, 1.54) is 0 Å². The van der Waals surface area contributed by atoms with Crippen molar-refractivity contribution in [3.63, 3.8) is 0 Å². The molecule has 0 spiro atoms. The van der Waals surface area contributed by atoms with E-state index >= 15 is 0 Å². The minimum Gasteiger partial charge on any atom is -0.408 e. The number of aliphatic hydroxyl groups is 1. The molecule has 1 saturated heterocycles. The average Bonchev–Trinajstić information content (AvgIpc) is 2.70. The van der Waals surface area contributed by atoms with Gasteiger partial charge in [-0.25, -0.2) is 4.79 Å². The van der Waals surface area contributed by atoms with Gasteiger partial charge in [-0.15, -0.1) is 0 Å². The summed E-state index contributed by atoms with van der Waals surface area (Å²) in [6, 6.07) is 14.1. The van der Waals surface area contributed by atoms with Gasteiger partial charge in [-0.05, 0) is 81.9 Å². The van der Waals surface area contributed by atoms with Crippen LogP contribution in [0.1, 0.15) is 49.0 Å². The zero-order valence-electron chi connectivity index (χ0n) is 18.1. The molecule has 2 aromatic carbocycles. The highest BCUT2D eigenvalue weighted by molar-refractivity contribution is 6.05. The van der Waals surface area contributed by atoms with Crippen molar-refractivity contribution >= 4 is 17.7 Å². The first-order chi connectivity index (χ1) is 14.7. The number of piperidine rings is 1. The van der Waals surface area contributed by atoms with Crippen LogP contribution in [0, 0.1) is 5.92 Å². The van der Waals surface area contributed by atoms with E-state index in [0.717, 1.165) is 44.5 Å². The first kappa shape index (κ1) is 22.8. The predicted molar refractivity (Wildman–Crippen MR) is 120 cm³/mol. The standard InChI is InChI=1S/C24H31N3O4/c1-24(2,30)15-17-11-13-27(14-12-17)16-18-7-9-19(10-8-18)22(28)26-20-5-3-4-6-21(20)31-23(25)29/h3-10,17,30H,11-16H2,1-2H3,(H2,25,29)(H,26,28). The van der Waals surface area contributed by atoms with E-state index < -0.39 is 11.7 Å². The highest BCUT2D eigenvalue weighted by atomic mass is 16.5. The number of primary amides is 1. The number of rotatable bonds is 7. The first-order valence-corrected chi connectivity index (χ1v) is 10.6. The Morgan fingerprint density at radius 2 is 1.77 bits per heavy atom. The Hall–Kier alpha value is -2.90. The third-order valence-electron chi connectivity index (χ3n) is 5.46. The Bertz CT molecular complexity index is 898. The van der Waals surface area contributed by atoms with E-state index in [0.29, 0.717) is 17.2 Å². The molecular weight excluding hydrogens is 394 g/mol. The van der Waals surface area contributed by atoms with Crippen LogP contribution in [0.4, 0.5) is 10.5 Å². The number of ether oxygens (including phenoxy) is 1. The zero-order chi connectivity index (χ0) is 22.4. The summed E-state index contributed by atoms with van der Waals surface area (Å²) in [4.78, 5) is 26.0. The van der Waals surface area contributed by atoms with E-state index in [1.54, 1.807) is 36.4 Å². The number of hydrogen-bond acceptors (Lipinski definition) is 5. The van der Waals surface area contributed by atoms with Gasteiger partial charge in [0.15, 0.2) is 5.75 Å². The molecule has 31 heavy (non-hydrogen) atoms. The number of anilines is 1. The Morgan fingerprint density at radius 1 is 1.13 bits per heavy atom. The topological polar surface area (TPSA) is 105 Å². The van der Waals surface area contributed by atoms with E-state index in [2.05, 4.69) is 10.2 Å². The van der Waals surface area contributed by atoms with E-state index in [4.69, 9.17) is 10.5 Å². The maximum Gasteiger partial charge on any atom is 0.410 e. The molecule has 3 rings (SSSR count). The lowest BCUT2D eigenvalue weighted by molar-refractivity contribution is 0.0368. The fraction of sp³-hybridized carbons (Fsp3) is 0.417. The summed E-state index contributed by atoms with van der Waals surface area (Å²) in [6.45, 7) is 6.62. The molecule has 0 bridgehead atoms. The third kappa shape index (κ3) is 7.08. The number of nitrogens with two attached hydrogens (primary N) is 1. The van der Waals surface area contributed by atoms with Crippen molar-refractivity contribution in [1.29, 1.82) is 0 Å². The van der Waals surface area contributed by atoms with Crippen LogP contribution in [0.2, 0.25) is 0 Å². The highest BCUT2D eigenvalue weighted by Crippen LogP contribution is 2.27. The highest BCUT2D eigenvalue weighted by Gasteiger charge is 2.25. The molecule has 4 N–H and O–H groups in total. The molecule has 0 aliphatic carbocycles. The van der Waals surface area contributed by atoms with Gasteiger partial charge in [-0.1, -0.05) is 24.3 Å². The van der Waals surface area contributed by atoms with Gasteiger partial charge >= 0.3 is 6.09 Å². The first-order valence-electron chi connectivity index (χ1n) is 10.6. The Kier molecular flexibility index (Phi) is 7.30. The van der Waals surface area contributed by atoms with Gasteiger partial charge in [0.2, 0.25) is 0 Å². The summed E-state index contributed by atoms with van der Waals surface area (Å²) < 4.78 is 4.92. The SMILES string of the molecule is CC(C)(O)CC1CCN(Cc2ccc(C(=O)Nc3ccccc3OC(N)=O)cc2)CC1. The molecule has 1 fully saturated rings. The molecule has 7 nitrogen and oxygen atoms in total. The summed E-state index contributed by atoms with van der Waals surface area (Å²) in [5.74, 6) is 0.483. The number of likely N-dealkylation sites (tertiary alicyclic amines) is 1. The smallest absolute Gasteiger partial charge is 0.408 e. The lowest BCUT2D eigenvalue weighted by Gasteiger charge is -2.34. The molecule has 0 saturated carbocycles. The van der Waals surface area contributed by atoms with Gasteiger partial charge in [-0.2, -0.15) is 0 Å². The fourth-order valence-corrected chi connectivity index (χ4v) is 4.04. The lowest BCUT2D eigenvalue weighted by Crippen LogP contribution is -2.35. The van der Waals surface area contributed by atoms with Crippen molar-refractivity contribution in [3.05, 3.63) is 59.7 Å². The molecule has 1 aliphatic heterocycles. The van der Waals surface area contributed by atoms with Gasteiger partial charge in [-0.3, -0.25) is 9.69 Å².